The number of unbranched alkanes of at least 4 members (excludes halogenated alkanes) is 2. The Bertz CT molecular complexity index is 519. The average molecular weight is 305 g/mol. The molecule has 1 heterocycles. The minimum atomic E-state index is -0.285. The second-order valence-corrected chi connectivity index (χ2v) is 5.32. The third-order valence-corrected chi connectivity index (χ3v) is 3.47. The third-order valence-electron chi connectivity index (χ3n) is 3.47. The van der Waals surface area contributed by atoms with Crippen LogP contribution in [0.2, 0.25) is 0 Å². The van der Waals surface area contributed by atoms with Crippen molar-refractivity contribution in [2.45, 2.75) is 32.7 Å². The number of rotatable bonds is 7. The number of hydrogen-bond acceptors (Lipinski definition) is 3. The predicted octanol–water partition coefficient (Wildman–Crippen LogP) is 2.95. The summed E-state index contributed by atoms with van der Waals surface area (Å²) in [6.45, 7) is 4.35. The third kappa shape index (κ3) is 4.95. The lowest BCUT2D eigenvalue weighted by molar-refractivity contribution is 0.157. The van der Waals surface area contributed by atoms with Gasteiger partial charge in [0.2, 0.25) is 0 Å². The maximum absolute atomic E-state index is 11.8. The largest absolute Gasteiger partial charge is 0.448 e. The van der Waals surface area contributed by atoms with Crippen LogP contribution in [0.15, 0.2) is 24.3 Å². The van der Waals surface area contributed by atoms with Gasteiger partial charge < -0.3 is 20.3 Å². The zero-order valence-corrected chi connectivity index (χ0v) is 12.9. The number of benzene rings is 1. The van der Waals surface area contributed by atoms with Crippen molar-refractivity contribution in [3.63, 3.8) is 0 Å². The molecule has 0 atom stereocenters. The van der Waals surface area contributed by atoms with Gasteiger partial charge in [0.25, 0.3) is 0 Å². The van der Waals surface area contributed by atoms with Crippen molar-refractivity contribution in [3.8, 4) is 0 Å². The summed E-state index contributed by atoms with van der Waals surface area (Å²) in [6, 6.07) is 7.29. The fourth-order valence-corrected chi connectivity index (χ4v) is 2.29. The van der Waals surface area contributed by atoms with Crippen LogP contribution in [0, 0.1) is 0 Å². The molecule has 2 rings (SSSR count). The van der Waals surface area contributed by atoms with E-state index in [2.05, 4.69) is 17.6 Å². The molecule has 0 bridgehead atoms. The monoisotopic (exact) mass is 305 g/mol. The van der Waals surface area contributed by atoms with Gasteiger partial charge >= 0.3 is 12.1 Å². The number of amides is 3. The number of nitrogens with zero attached hydrogens (tertiary/aromatic N) is 1. The topological polar surface area (TPSA) is 70.7 Å². The molecule has 120 valence electrons. The van der Waals surface area contributed by atoms with E-state index in [-0.39, 0.29) is 12.1 Å². The Morgan fingerprint density at radius 2 is 2.23 bits per heavy atom. The van der Waals surface area contributed by atoms with E-state index in [1.54, 1.807) is 4.90 Å². The van der Waals surface area contributed by atoms with Crippen molar-refractivity contribution < 1.29 is 14.3 Å². The highest BCUT2D eigenvalue weighted by molar-refractivity contribution is 5.89. The summed E-state index contributed by atoms with van der Waals surface area (Å²) in [6.07, 6.45) is 2.94. The number of hydrogen-bond donors (Lipinski definition) is 2. The van der Waals surface area contributed by atoms with Crippen LogP contribution in [0.4, 0.5) is 15.3 Å². The maximum Gasteiger partial charge on any atom is 0.410 e. The van der Waals surface area contributed by atoms with Crippen molar-refractivity contribution in [1.29, 1.82) is 0 Å². The Kier molecular flexibility index (Phi) is 6.06. The van der Waals surface area contributed by atoms with Crippen LogP contribution in [0.3, 0.4) is 0 Å². The quantitative estimate of drug-likeness (QED) is 0.761. The molecule has 1 saturated heterocycles. The number of nitrogens with one attached hydrogen (secondary N) is 2. The van der Waals surface area contributed by atoms with E-state index in [0.717, 1.165) is 30.5 Å². The van der Waals surface area contributed by atoms with Crippen LogP contribution in [-0.2, 0) is 11.3 Å². The molecule has 1 aromatic carbocycles. The molecule has 6 nitrogen and oxygen atoms in total. The molecule has 0 aromatic heterocycles. The second kappa shape index (κ2) is 8.26. The Morgan fingerprint density at radius 1 is 1.36 bits per heavy atom. The van der Waals surface area contributed by atoms with Gasteiger partial charge in [0, 0.05) is 18.8 Å². The smallest absolute Gasteiger partial charge is 0.410 e. The Hall–Kier alpha value is -2.24. The maximum atomic E-state index is 11.8. The first-order valence-electron chi connectivity index (χ1n) is 7.74. The van der Waals surface area contributed by atoms with Crippen LogP contribution in [0.25, 0.3) is 0 Å². The molecule has 1 aliphatic heterocycles. The minimum Gasteiger partial charge on any atom is -0.448 e. The minimum absolute atomic E-state index is 0.200. The summed E-state index contributed by atoms with van der Waals surface area (Å²) < 4.78 is 4.90. The fourth-order valence-electron chi connectivity index (χ4n) is 2.29. The Balaban J connectivity index is 1.83. The molecule has 0 saturated carbocycles. The molecule has 6 heteroatoms. The average Bonchev–Trinajstić information content (AvgIpc) is 2.89. The van der Waals surface area contributed by atoms with Crippen molar-refractivity contribution in [3.05, 3.63) is 29.8 Å². The number of carbonyl (C=O) groups is 2. The standard InChI is InChI=1S/C16H23N3O3/c1-2-3-4-8-17-15(20)18-14-7-5-6-13(11-14)12-19-9-10-22-16(19)21/h5-7,11H,2-4,8-10,12H2,1H3,(H2,17,18,20). The van der Waals surface area contributed by atoms with Gasteiger partial charge in [-0.1, -0.05) is 31.9 Å². The molecule has 22 heavy (non-hydrogen) atoms. The molecule has 3 amide bonds. The van der Waals surface area contributed by atoms with Crippen LogP contribution < -0.4 is 10.6 Å². The van der Waals surface area contributed by atoms with E-state index in [9.17, 15) is 9.59 Å². The SMILES string of the molecule is CCCCCNC(=O)Nc1cccc(CN2CCOC2=O)c1. The number of carbonyl (C=O) groups excluding carboxylic acids is 2. The molecular formula is C16H23N3O3. The van der Waals surface area contributed by atoms with Gasteiger partial charge in [-0.2, -0.15) is 0 Å². The molecule has 1 fully saturated rings. The first kappa shape index (κ1) is 16.1. The molecule has 0 aliphatic carbocycles. The van der Waals surface area contributed by atoms with Gasteiger partial charge in [0.05, 0.1) is 6.54 Å². The van der Waals surface area contributed by atoms with E-state index in [0.29, 0.717) is 26.2 Å². The summed E-state index contributed by atoms with van der Waals surface area (Å²) in [4.78, 5) is 24.9. The zero-order valence-electron chi connectivity index (χ0n) is 12.9. The summed E-state index contributed by atoms with van der Waals surface area (Å²) in [5, 5.41) is 5.64. The first-order valence-corrected chi connectivity index (χ1v) is 7.74. The van der Waals surface area contributed by atoms with Crippen LogP contribution >= 0.6 is 0 Å². The second-order valence-electron chi connectivity index (χ2n) is 5.32. The van der Waals surface area contributed by atoms with Gasteiger partial charge in [0.1, 0.15) is 6.61 Å². The number of anilines is 1. The highest BCUT2D eigenvalue weighted by Gasteiger charge is 2.21. The number of ether oxygens (including phenoxy) is 1. The molecule has 1 aromatic rings. The van der Waals surface area contributed by atoms with E-state index < -0.39 is 0 Å². The molecule has 0 unspecified atom stereocenters. The Labute approximate surface area is 130 Å². The lowest BCUT2D eigenvalue weighted by Gasteiger charge is -2.13. The zero-order chi connectivity index (χ0) is 15.8. The molecule has 1 aliphatic rings. The highest BCUT2D eigenvalue weighted by atomic mass is 16.6. The van der Waals surface area contributed by atoms with E-state index in [1.807, 2.05) is 24.3 Å². The summed E-state index contributed by atoms with van der Waals surface area (Å²) in [5.74, 6) is 0. The van der Waals surface area contributed by atoms with E-state index in [4.69, 9.17) is 4.74 Å². The van der Waals surface area contributed by atoms with E-state index >= 15 is 0 Å². The van der Waals surface area contributed by atoms with Crippen molar-refractivity contribution >= 4 is 17.8 Å². The number of urea groups is 1. The molecular weight excluding hydrogens is 282 g/mol. The van der Waals surface area contributed by atoms with Crippen molar-refractivity contribution in [2.75, 3.05) is 25.0 Å². The summed E-state index contributed by atoms with van der Waals surface area (Å²) in [5.41, 5.74) is 1.68. The molecule has 0 spiro atoms. The summed E-state index contributed by atoms with van der Waals surface area (Å²) in [7, 11) is 0. The summed E-state index contributed by atoms with van der Waals surface area (Å²) >= 11 is 0. The van der Waals surface area contributed by atoms with Gasteiger partial charge in [-0.15, -0.1) is 0 Å². The first-order chi connectivity index (χ1) is 10.7. The van der Waals surface area contributed by atoms with Gasteiger partial charge in [0.15, 0.2) is 0 Å². The normalized spacial score (nSPS) is 13.9. The van der Waals surface area contributed by atoms with E-state index in [1.165, 1.54) is 0 Å². The highest BCUT2D eigenvalue weighted by Crippen LogP contribution is 2.15. The molecule has 0 radical (unpaired) electrons. The fraction of sp³-hybridized carbons (Fsp3) is 0.500. The van der Waals surface area contributed by atoms with Gasteiger partial charge in [-0.3, -0.25) is 0 Å². The van der Waals surface area contributed by atoms with Crippen molar-refractivity contribution in [2.24, 2.45) is 0 Å². The van der Waals surface area contributed by atoms with Crippen molar-refractivity contribution in [1.82, 2.24) is 10.2 Å². The lowest BCUT2D eigenvalue weighted by Crippen LogP contribution is -2.29. The van der Waals surface area contributed by atoms with Crippen LogP contribution in [0.5, 0.6) is 0 Å². The number of cyclic esters (lactones) is 1. The molecule has 2 N–H and O–H groups in total. The lowest BCUT2D eigenvalue weighted by atomic mass is 10.2. The van der Waals surface area contributed by atoms with Gasteiger partial charge in [-0.25, -0.2) is 9.59 Å². The van der Waals surface area contributed by atoms with Gasteiger partial charge in [-0.05, 0) is 24.1 Å². The Morgan fingerprint density at radius 3 is 2.95 bits per heavy atom. The van der Waals surface area contributed by atoms with Crippen LogP contribution in [0.1, 0.15) is 31.7 Å². The van der Waals surface area contributed by atoms with Crippen LogP contribution in [-0.4, -0.2) is 36.7 Å². The predicted molar refractivity (Wildman–Crippen MR) is 84.7 cm³/mol.